The standard InChI is InChI=1S/C23H24ClN/c1-18(19-12-14-22(24)15-13-19)25-17-16-23(20-8-4-2-5-9-20)21-10-6-3-7-11-21/h2-15,18,23,25H,16-17H2,1H3. The van der Waals surface area contributed by atoms with Crippen molar-refractivity contribution in [2.75, 3.05) is 6.54 Å². The highest BCUT2D eigenvalue weighted by molar-refractivity contribution is 6.30. The fourth-order valence-electron chi connectivity index (χ4n) is 3.21. The fourth-order valence-corrected chi connectivity index (χ4v) is 3.34. The summed E-state index contributed by atoms with van der Waals surface area (Å²) in [6.07, 6.45) is 1.06. The molecular weight excluding hydrogens is 326 g/mol. The molecule has 0 amide bonds. The Morgan fingerprint density at radius 3 is 1.76 bits per heavy atom. The van der Waals surface area contributed by atoms with E-state index in [4.69, 9.17) is 11.6 Å². The Morgan fingerprint density at radius 2 is 1.24 bits per heavy atom. The van der Waals surface area contributed by atoms with Crippen LogP contribution < -0.4 is 5.32 Å². The van der Waals surface area contributed by atoms with E-state index in [0.29, 0.717) is 12.0 Å². The molecule has 0 radical (unpaired) electrons. The van der Waals surface area contributed by atoms with Gasteiger partial charge in [0.2, 0.25) is 0 Å². The first-order valence-corrected chi connectivity index (χ1v) is 9.20. The summed E-state index contributed by atoms with van der Waals surface area (Å²) in [5, 5.41) is 4.43. The minimum absolute atomic E-state index is 0.310. The smallest absolute Gasteiger partial charge is 0.0406 e. The van der Waals surface area contributed by atoms with Gasteiger partial charge in [0, 0.05) is 17.0 Å². The lowest BCUT2D eigenvalue weighted by Gasteiger charge is -2.20. The van der Waals surface area contributed by atoms with Crippen LogP contribution in [0.4, 0.5) is 0 Å². The number of rotatable bonds is 7. The van der Waals surface area contributed by atoms with Gasteiger partial charge in [0.1, 0.15) is 0 Å². The Balaban J connectivity index is 1.66. The molecule has 0 saturated carbocycles. The van der Waals surface area contributed by atoms with Crippen molar-refractivity contribution in [2.24, 2.45) is 0 Å². The summed E-state index contributed by atoms with van der Waals surface area (Å²) in [7, 11) is 0. The Kier molecular flexibility index (Phi) is 6.27. The molecule has 0 aromatic heterocycles. The minimum atomic E-state index is 0.310. The van der Waals surface area contributed by atoms with E-state index in [0.717, 1.165) is 18.0 Å². The molecule has 0 spiro atoms. The molecule has 0 heterocycles. The van der Waals surface area contributed by atoms with Crippen LogP contribution >= 0.6 is 11.6 Å². The molecule has 3 rings (SSSR count). The van der Waals surface area contributed by atoms with Crippen molar-refractivity contribution in [3.8, 4) is 0 Å². The predicted octanol–water partition coefficient (Wildman–Crippen LogP) is 6.21. The van der Waals surface area contributed by atoms with Gasteiger partial charge in [0.25, 0.3) is 0 Å². The van der Waals surface area contributed by atoms with Gasteiger partial charge in [0.05, 0.1) is 0 Å². The molecule has 0 aliphatic rings. The topological polar surface area (TPSA) is 12.0 Å². The van der Waals surface area contributed by atoms with Crippen LogP contribution in [0.25, 0.3) is 0 Å². The number of nitrogens with one attached hydrogen (secondary N) is 1. The third-order valence-corrected chi connectivity index (χ3v) is 4.91. The molecule has 0 saturated heterocycles. The lowest BCUT2D eigenvalue weighted by atomic mass is 9.88. The third-order valence-electron chi connectivity index (χ3n) is 4.66. The number of benzene rings is 3. The SMILES string of the molecule is CC(NCCC(c1ccccc1)c1ccccc1)c1ccc(Cl)cc1. The van der Waals surface area contributed by atoms with E-state index in [-0.39, 0.29) is 0 Å². The largest absolute Gasteiger partial charge is 0.310 e. The van der Waals surface area contributed by atoms with Gasteiger partial charge in [-0.25, -0.2) is 0 Å². The van der Waals surface area contributed by atoms with Gasteiger partial charge in [-0.1, -0.05) is 84.4 Å². The molecule has 25 heavy (non-hydrogen) atoms. The van der Waals surface area contributed by atoms with Crippen LogP contribution in [0.5, 0.6) is 0 Å². The van der Waals surface area contributed by atoms with Crippen LogP contribution in [-0.4, -0.2) is 6.54 Å². The molecule has 1 atom stereocenters. The van der Waals surface area contributed by atoms with Gasteiger partial charge in [0.15, 0.2) is 0 Å². The summed E-state index contributed by atoms with van der Waals surface area (Å²) in [5.74, 6) is 0.410. The van der Waals surface area contributed by atoms with E-state index in [1.165, 1.54) is 16.7 Å². The van der Waals surface area contributed by atoms with Gasteiger partial charge in [-0.05, 0) is 48.7 Å². The lowest BCUT2D eigenvalue weighted by molar-refractivity contribution is 0.540. The Hall–Kier alpha value is -2.09. The van der Waals surface area contributed by atoms with Crippen LogP contribution in [0.2, 0.25) is 5.02 Å². The molecule has 1 unspecified atom stereocenters. The zero-order chi connectivity index (χ0) is 17.5. The van der Waals surface area contributed by atoms with Crippen LogP contribution in [0.3, 0.4) is 0 Å². The highest BCUT2D eigenvalue weighted by Gasteiger charge is 2.14. The second-order valence-electron chi connectivity index (χ2n) is 6.39. The second kappa shape index (κ2) is 8.84. The van der Waals surface area contributed by atoms with Crippen LogP contribution in [0, 0.1) is 0 Å². The Bertz CT molecular complexity index is 714. The maximum Gasteiger partial charge on any atom is 0.0406 e. The lowest BCUT2D eigenvalue weighted by Crippen LogP contribution is -2.21. The molecule has 1 N–H and O–H groups in total. The Morgan fingerprint density at radius 1 is 0.720 bits per heavy atom. The number of hydrogen-bond acceptors (Lipinski definition) is 1. The van der Waals surface area contributed by atoms with Crippen LogP contribution in [0.1, 0.15) is 42.0 Å². The average molecular weight is 350 g/mol. The third kappa shape index (κ3) is 4.94. The quantitative estimate of drug-likeness (QED) is 0.534. The minimum Gasteiger partial charge on any atom is -0.310 e. The predicted molar refractivity (Wildman–Crippen MR) is 107 cm³/mol. The van der Waals surface area contributed by atoms with Crippen LogP contribution in [-0.2, 0) is 0 Å². The van der Waals surface area contributed by atoms with Crippen molar-refractivity contribution in [1.29, 1.82) is 0 Å². The van der Waals surface area contributed by atoms with E-state index in [2.05, 4.69) is 85.0 Å². The normalized spacial score (nSPS) is 12.3. The first kappa shape index (κ1) is 17.7. The first-order valence-electron chi connectivity index (χ1n) is 8.83. The van der Waals surface area contributed by atoms with Crippen molar-refractivity contribution < 1.29 is 0 Å². The van der Waals surface area contributed by atoms with Crippen molar-refractivity contribution in [3.63, 3.8) is 0 Å². The molecule has 3 aromatic carbocycles. The fraction of sp³-hybridized carbons (Fsp3) is 0.217. The maximum absolute atomic E-state index is 5.98. The molecule has 0 aliphatic heterocycles. The van der Waals surface area contributed by atoms with Crippen LogP contribution in [0.15, 0.2) is 84.9 Å². The molecular formula is C23H24ClN. The highest BCUT2D eigenvalue weighted by Crippen LogP contribution is 2.27. The van der Waals surface area contributed by atoms with Crippen molar-refractivity contribution in [3.05, 3.63) is 107 Å². The molecule has 0 aliphatic carbocycles. The summed E-state index contributed by atoms with van der Waals surface area (Å²) in [6, 6.07) is 29.9. The van der Waals surface area contributed by atoms with Gasteiger partial charge in [-0.2, -0.15) is 0 Å². The molecule has 1 nitrogen and oxygen atoms in total. The van der Waals surface area contributed by atoms with E-state index < -0.39 is 0 Å². The van der Waals surface area contributed by atoms with Gasteiger partial charge in [-0.15, -0.1) is 0 Å². The monoisotopic (exact) mass is 349 g/mol. The Labute approximate surface area is 155 Å². The summed E-state index contributed by atoms with van der Waals surface area (Å²) in [6.45, 7) is 3.15. The van der Waals surface area contributed by atoms with Gasteiger partial charge in [-0.3, -0.25) is 0 Å². The molecule has 0 fully saturated rings. The first-order chi connectivity index (χ1) is 12.2. The molecule has 0 bridgehead atoms. The zero-order valence-corrected chi connectivity index (χ0v) is 15.3. The zero-order valence-electron chi connectivity index (χ0n) is 14.5. The van der Waals surface area contributed by atoms with E-state index in [1.54, 1.807) is 0 Å². The summed E-state index contributed by atoms with van der Waals surface area (Å²) in [5.41, 5.74) is 4.00. The maximum atomic E-state index is 5.98. The van der Waals surface area contributed by atoms with Gasteiger partial charge >= 0.3 is 0 Å². The molecule has 3 aromatic rings. The van der Waals surface area contributed by atoms with Crippen molar-refractivity contribution in [2.45, 2.75) is 25.3 Å². The van der Waals surface area contributed by atoms with E-state index in [9.17, 15) is 0 Å². The number of hydrogen-bond donors (Lipinski definition) is 1. The second-order valence-corrected chi connectivity index (χ2v) is 6.83. The molecule has 2 heteroatoms. The van der Waals surface area contributed by atoms with E-state index >= 15 is 0 Å². The average Bonchev–Trinajstić information content (AvgIpc) is 2.67. The summed E-state index contributed by atoms with van der Waals surface area (Å²) >= 11 is 5.98. The highest BCUT2D eigenvalue weighted by atomic mass is 35.5. The summed E-state index contributed by atoms with van der Waals surface area (Å²) < 4.78 is 0. The van der Waals surface area contributed by atoms with Crippen molar-refractivity contribution >= 4 is 11.6 Å². The van der Waals surface area contributed by atoms with Gasteiger partial charge < -0.3 is 5.32 Å². The van der Waals surface area contributed by atoms with Crippen molar-refractivity contribution in [1.82, 2.24) is 5.32 Å². The number of halogens is 1. The molecule has 128 valence electrons. The van der Waals surface area contributed by atoms with E-state index in [1.807, 2.05) is 12.1 Å². The summed E-state index contributed by atoms with van der Waals surface area (Å²) in [4.78, 5) is 0.